The standard InChI is InChI=1S/C10H22O3Si2/c1-6(7(2)15-13-14)8(9(11)12)10(3,4)5/h7H,15H2,1-5,14H3,(H,11,12). The maximum atomic E-state index is 11.2. The molecule has 1 unspecified atom stereocenters. The van der Waals surface area contributed by atoms with Crippen molar-refractivity contribution in [3.05, 3.63) is 11.1 Å². The van der Waals surface area contributed by atoms with E-state index in [-0.39, 0.29) is 5.41 Å². The highest BCUT2D eigenvalue weighted by atomic mass is 28.3. The summed E-state index contributed by atoms with van der Waals surface area (Å²) in [5.74, 6) is -0.797. The Labute approximate surface area is 97.4 Å². The number of hydrogen-bond acceptors (Lipinski definition) is 2. The van der Waals surface area contributed by atoms with Crippen LogP contribution in [0.1, 0.15) is 34.6 Å². The van der Waals surface area contributed by atoms with Crippen LogP contribution in [0.2, 0.25) is 5.54 Å². The fourth-order valence-corrected chi connectivity index (χ4v) is 4.16. The molecule has 3 nitrogen and oxygen atoms in total. The van der Waals surface area contributed by atoms with Crippen LogP contribution in [0.4, 0.5) is 0 Å². The molecule has 1 atom stereocenters. The Morgan fingerprint density at radius 1 is 1.47 bits per heavy atom. The van der Waals surface area contributed by atoms with Crippen molar-refractivity contribution in [2.24, 2.45) is 5.41 Å². The number of aliphatic carboxylic acids is 1. The Bertz CT molecular complexity index is 266. The Balaban J connectivity index is 5.19. The summed E-state index contributed by atoms with van der Waals surface area (Å²) < 4.78 is 5.32. The highest BCUT2D eigenvalue weighted by molar-refractivity contribution is 6.37. The SMILES string of the molecule is CC(=C(C(=O)O)C(C)(C)C)C(C)[SiH2]O[SiH3]. The molecule has 0 spiro atoms. The molecule has 0 heterocycles. The van der Waals surface area contributed by atoms with Crippen molar-refractivity contribution in [1.82, 2.24) is 0 Å². The van der Waals surface area contributed by atoms with Gasteiger partial charge in [0.25, 0.3) is 0 Å². The van der Waals surface area contributed by atoms with Crippen molar-refractivity contribution in [2.45, 2.75) is 40.2 Å². The second-order valence-corrected chi connectivity index (χ2v) is 8.84. The monoisotopic (exact) mass is 246 g/mol. The first-order valence-corrected chi connectivity index (χ1v) is 7.36. The summed E-state index contributed by atoms with van der Waals surface area (Å²) in [6.45, 7) is 9.81. The molecule has 0 aromatic carbocycles. The summed E-state index contributed by atoms with van der Waals surface area (Å²) in [4.78, 5) is 11.2. The number of hydrogen-bond donors (Lipinski definition) is 1. The molecule has 0 aromatic heterocycles. The van der Waals surface area contributed by atoms with Crippen LogP contribution in [-0.2, 0) is 8.91 Å². The number of allylic oxidation sites excluding steroid dienone is 1. The van der Waals surface area contributed by atoms with E-state index in [1.54, 1.807) is 0 Å². The number of carboxylic acid groups (broad SMARTS) is 1. The van der Waals surface area contributed by atoms with E-state index < -0.39 is 15.7 Å². The minimum atomic E-state index is -0.797. The van der Waals surface area contributed by atoms with Gasteiger partial charge in [-0.25, -0.2) is 4.79 Å². The number of rotatable bonds is 4. The van der Waals surface area contributed by atoms with E-state index in [0.29, 0.717) is 11.1 Å². The van der Waals surface area contributed by atoms with Gasteiger partial charge in [0, 0.05) is 5.57 Å². The third kappa shape index (κ3) is 4.31. The van der Waals surface area contributed by atoms with Crippen LogP contribution in [-0.4, -0.2) is 31.3 Å². The highest BCUT2D eigenvalue weighted by Gasteiger charge is 2.27. The summed E-state index contributed by atoms with van der Waals surface area (Å²) in [5, 5.41) is 9.22. The zero-order chi connectivity index (χ0) is 12.2. The van der Waals surface area contributed by atoms with Gasteiger partial charge in [0.1, 0.15) is 10.5 Å². The van der Waals surface area contributed by atoms with Gasteiger partial charge in [-0.1, -0.05) is 33.3 Å². The number of carbonyl (C=O) groups is 1. The molecule has 0 aliphatic heterocycles. The fourth-order valence-electron chi connectivity index (χ4n) is 1.70. The summed E-state index contributed by atoms with van der Waals surface area (Å²) in [5.41, 5.74) is 1.54. The third-order valence-electron chi connectivity index (χ3n) is 2.51. The molecule has 0 aliphatic rings. The molecule has 1 N–H and O–H groups in total. The molecule has 0 aromatic rings. The van der Waals surface area contributed by atoms with Gasteiger partial charge < -0.3 is 9.22 Å². The Kier molecular flexibility index (Phi) is 5.47. The smallest absolute Gasteiger partial charge is 0.332 e. The lowest BCUT2D eigenvalue weighted by molar-refractivity contribution is -0.133. The van der Waals surface area contributed by atoms with Crippen LogP contribution in [0.25, 0.3) is 0 Å². The van der Waals surface area contributed by atoms with Gasteiger partial charge in [0.2, 0.25) is 0 Å². The average Bonchev–Trinajstić information content (AvgIpc) is 2.00. The lowest BCUT2D eigenvalue weighted by Gasteiger charge is -2.24. The second kappa shape index (κ2) is 5.62. The maximum absolute atomic E-state index is 11.2. The first kappa shape index (κ1) is 14.6. The average molecular weight is 246 g/mol. The molecule has 15 heavy (non-hydrogen) atoms. The van der Waals surface area contributed by atoms with Crippen LogP contribution in [0.3, 0.4) is 0 Å². The Morgan fingerprint density at radius 2 is 1.93 bits per heavy atom. The lowest BCUT2D eigenvalue weighted by Crippen LogP contribution is -2.21. The molecule has 88 valence electrons. The molecule has 0 saturated carbocycles. The highest BCUT2D eigenvalue weighted by Crippen LogP contribution is 2.32. The van der Waals surface area contributed by atoms with Gasteiger partial charge in [-0.2, -0.15) is 0 Å². The van der Waals surface area contributed by atoms with E-state index in [0.717, 1.165) is 16.1 Å². The minimum absolute atomic E-state index is 0.302. The van der Waals surface area contributed by atoms with Gasteiger partial charge in [-0.05, 0) is 17.9 Å². The van der Waals surface area contributed by atoms with Gasteiger partial charge in [0.15, 0.2) is 9.76 Å². The molecule has 0 fully saturated rings. The maximum Gasteiger partial charge on any atom is 0.332 e. The van der Waals surface area contributed by atoms with Crippen LogP contribution < -0.4 is 0 Å². The van der Waals surface area contributed by atoms with E-state index >= 15 is 0 Å². The normalized spacial score (nSPS) is 16.9. The third-order valence-corrected chi connectivity index (χ3v) is 4.96. The predicted octanol–water partition coefficient (Wildman–Crippen LogP) is 0.623. The molecule has 0 amide bonds. The molecule has 0 radical (unpaired) electrons. The van der Waals surface area contributed by atoms with Crippen molar-refractivity contribution >= 4 is 26.2 Å². The summed E-state index contributed by atoms with van der Waals surface area (Å²) in [7, 11) is 0.162. The van der Waals surface area contributed by atoms with E-state index in [1.807, 2.05) is 27.7 Å². The van der Waals surface area contributed by atoms with Crippen LogP contribution in [0.15, 0.2) is 11.1 Å². The van der Waals surface area contributed by atoms with E-state index in [2.05, 4.69) is 6.92 Å². The van der Waals surface area contributed by atoms with Gasteiger partial charge in [-0.15, -0.1) is 0 Å². The van der Waals surface area contributed by atoms with Gasteiger partial charge in [0.05, 0.1) is 0 Å². The molecule has 5 heteroatoms. The molecular weight excluding hydrogens is 224 g/mol. The zero-order valence-electron chi connectivity index (χ0n) is 10.5. The summed E-state index contributed by atoms with van der Waals surface area (Å²) >= 11 is 0. The molecule has 0 bridgehead atoms. The molecule has 0 saturated heterocycles. The van der Waals surface area contributed by atoms with Crippen LogP contribution >= 0.6 is 0 Å². The van der Waals surface area contributed by atoms with Crippen molar-refractivity contribution in [2.75, 3.05) is 0 Å². The predicted molar refractivity (Wildman–Crippen MR) is 68.8 cm³/mol. The summed E-state index contributed by atoms with van der Waals surface area (Å²) in [6, 6.07) is 0. The quantitative estimate of drug-likeness (QED) is 0.584. The topological polar surface area (TPSA) is 46.5 Å². The van der Waals surface area contributed by atoms with Gasteiger partial charge in [-0.3, -0.25) is 0 Å². The minimum Gasteiger partial charge on any atom is -0.478 e. The first-order chi connectivity index (χ1) is 6.71. The van der Waals surface area contributed by atoms with E-state index in [4.69, 9.17) is 4.12 Å². The summed E-state index contributed by atoms with van der Waals surface area (Å²) in [6.07, 6.45) is 0. The molecule has 0 aliphatic carbocycles. The van der Waals surface area contributed by atoms with Crippen molar-refractivity contribution in [1.29, 1.82) is 0 Å². The van der Waals surface area contributed by atoms with Crippen molar-refractivity contribution < 1.29 is 14.0 Å². The van der Waals surface area contributed by atoms with Crippen LogP contribution in [0.5, 0.6) is 0 Å². The van der Waals surface area contributed by atoms with Crippen molar-refractivity contribution in [3.8, 4) is 0 Å². The lowest BCUT2D eigenvalue weighted by atomic mass is 9.83. The number of carboxylic acids is 1. The van der Waals surface area contributed by atoms with Crippen LogP contribution in [0, 0.1) is 5.41 Å². The molecular formula is C10H22O3Si2. The largest absolute Gasteiger partial charge is 0.478 e. The van der Waals surface area contributed by atoms with Crippen molar-refractivity contribution in [3.63, 3.8) is 0 Å². The fraction of sp³-hybridized carbons (Fsp3) is 0.700. The Hall–Kier alpha value is -0.396. The second-order valence-electron chi connectivity index (χ2n) is 4.97. The van der Waals surface area contributed by atoms with E-state index in [9.17, 15) is 9.90 Å². The van der Waals surface area contributed by atoms with E-state index in [1.165, 1.54) is 0 Å². The molecule has 0 rings (SSSR count). The first-order valence-electron chi connectivity index (χ1n) is 5.15. The Morgan fingerprint density at radius 3 is 2.20 bits per heavy atom. The van der Waals surface area contributed by atoms with Gasteiger partial charge >= 0.3 is 5.97 Å². The zero-order valence-corrected chi connectivity index (χ0v) is 14.0.